The Morgan fingerprint density at radius 3 is 2.72 bits per heavy atom. The van der Waals surface area contributed by atoms with Crippen molar-refractivity contribution in [1.29, 1.82) is 0 Å². The Hall–Kier alpha value is -2.63. The van der Waals surface area contributed by atoms with Crippen molar-refractivity contribution in [3.05, 3.63) is 70.9 Å². The van der Waals surface area contributed by atoms with Crippen LogP contribution in [0.3, 0.4) is 0 Å². The third-order valence-electron chi connectivity index (χ3n) is 3.72. The first-order valence-corrected chi connectivity index (χ1v) is 8.82. The van der Waals surface area contributed by atoms with Crippen LogP contribution in [0.5, 0.6) is 0 Å². The minimum atomic E-state index is -0.323. The summed E-state index contributed by atoms with van der Waals surface area (Å²) in [5, 5.41) is 4.00. The molecule has 6 heteroatoms. The monoisotopic (exact) mass is 368 g/mol. The zero-order chi connectivity index (χ0) is 17.4. The molecule has 2 aromatic heterocycles. The Kier molecular flexibility index (Phi) is 4.03. The highest BCUT2D eigenvalue weighted by Crippen LogP contribution is 2.28. The number of benzene rings is 2. The topological polar surface area (TPSA) is 55.1 Å². The van der Waals surface area contributed by atoms with Crippen LogP contribution in [0.25, 0.3) is 21.5 Å². The van der Waals surface area contributed by atoms with Crippen molar-refractivity contribution in [3.63, 3.8) is 0 Å². The predicted molar refractivity (Wildman–Crippen MR) is 101 cm³/mol. The van der Waals surface area contributed by atoms with E-state index in [1.807, 2.05) is 37.3 Å². The molecule has 0 saturated heterocycles. The number of thiazole rings is 1. The molecule has 1 N–H and O–H groups in total. The number of amides is 1. The van der Waals surface area contributed by atoms with Gasteiger partial charge in [0.15, 0.2) is 10.9 Å². The Balaban J connectivity index is 1.55. The van der Waals surface area contributed by atoms with E-state index in [1.54, 1.807) is 24.3 Å². The molecule has 4 rings (SSSR count). The smallest absolute Gasteiger partial charge is 0.293 e. The number of nitrogens with zero attached hydrogens (tertiary/aromatic N) is 1. The molecule has 2 heterocycles. The van der Waals surface area contributed by atoms with Gasteiger partial charge in [-0.3, -0.25) is 10.1 Å². The number of fused-ring (bicyclic) bond motifs is 1. The number of hydrogen-bond acceptors (Lipinski definition) is 4. The molecule has 0 aliphatic carbocycles. The molecule has 4 nitrogen and oxygen atoms in total. The summed E-state index contributed by atoms with van der Waals surface area (Å²) < 4.78 is 6.70. The molecule has 124 valence electrons. The molecule has 0 fully saturated rings. The molecule has 25 heavy (non-hydrogen) atoms. The van der Waals surface area contributed by atoms with Crippen LogP contribution in [0.4, 0.5) is 5.13 Å². The van der Waals surface area contributed by atoms with Crippen LogP contribution in [0.15, 0.2) is 59.0 Å². The summed E-state index contributed by atoms with van der Waals surface area (Å²) in [6.07, 6.45) is 0. The normalized spacial score (nSPS) is 11.0. The lowest BCUT2D eigenvalue weighted by atomic mass is 10.2. The van der Waals surface area contributed by atoms with E-state index in [2.05, 4.69) is 10.3 Å². The second kappa shape index (κ2) is 6.35. The SMILES string of the molecule is Cc1ccc2nc(NC(=O)c3ccc(-c4ccc(Cl)cc4)o3)sc2c1. The van der Waals surface area contributed by atoms with Gasteiger partial charge in [0.05, 0.1) is 10.2 Å². The first kappa shape index (κ1) is 15.9. The van der Waals surface area contributed by atoms with E-state index < -0.39 is 0 Å². The minimum Gasteiger partial charge on any atom is -0.451 e. The van der Waals surface area contributed by atoms with Gasteiger partial charge in [-0.25, -0.2) is 4.98 Å². The average Bonchev–Trinajstić information content (AvgIpc) is 3.21. The molecule has 0 saturated carbocycles. The molecule has 4 aromatic rings. The molecule has 0 atom stereocenters. The molecular formula is C19H13ClN2O2S. The zero-order valence-corrected chi connectivity index (χ0v) is 14.8. The summed E-state index contributed by atoms with van der Waals surface area (Å²) in [4.78, 5) is 16.8. The van der Waals surface area contributed by atoms with E-state index in [-0.39, 0.29) is 11.7 Å². The fourth-order valence-electron chi connectivity index (χ4n) is 2.47. The van der Waals surface area contributed by atoms with Gasteiger partial charge >= 0.3 is 0 Å². The van der Waals surface area contributed by atoms with E-state index in [0.29, 0.717) is 15.9 Å². The lowest BCUT2D eigenvalue weighted by molar-refractivity contribution is 0.0997. The van der Waals surface area contributed by atoms with Gasteiger partial charge in [0.2, 0.25) is 0 Å². The molecule has 0 aliphatic rings. The largest absolute Gasteiger partial charge is 0.451 e. The van der Waals surface area contributed by atoms with Crippen molar-refractivity contribution in [2.24, 2.45) is 0 Å². The second-order valence-corrected chi connectivity index (χ2v) is 7.08. The standard InChI is InChI=1S/C19H13ClN2O2S/c1-11-2-7-14-17(10-11)25-19(21-14)22-18(23)16-9-8-15(24-16)12-3-5-13(20)6-4-12/h2-10H,1H3,(H,21,22,23). The number of nitrogens with one attached hydrogen (secondary N) is 1. The molecule has 0 spiro atoms. The fourth-order valence-corrected chi connectivity index (χ4v) is 3.56. The first-order valence-electron chi connectivity index (χ1n) is 7.63. The van der Waals surface area contributed by atoms with Crippen molar-refractivity contribution in [2.75, 3.05) is 5.32 Å². The zero-order valence-electron chi connectivity index (χ0n) is 13.2. The summed E-state index contributed by atoms with van der Waals surface area (Å²) in [5.74, 6) is 0.526. The van der Waals surface area contributed by atoms with Gasteiger partial charge in [-0.05, 0) is 61.0 Å². The van der Waals surface area contributed by atoms with Gasteiger partial charge < -0.3 is 4.42 Å². The average molecular weight is 369 g/mol. The summed E-state index contributed by atoms with van der Waals surface area (Å²) in [5.41, 5.74) is 2.89. The third kappa shape index (κ3) is 3.29. The van der Waals surface area contributed by atoms with Crippen molar-refractivity contribution in [1.82, 2.24) is 4.98 Å². The summed E-state index contributed by atoms with van der Waals surface area (Å²) in [6, 6.07) is 16.7. The number of carbonyl (C=O) groups excluding carboxylic acids is 1. The van der Waals surface area contributed by atoms with Crippen LogP contribution >= 0.6 is 22.9 Å². The number of halogens is 1. The van der Waals surface area contributed by atoms with Gasteiger partial charge in [0.1, 0.15) is 5.76 Å². The van der Waals surface area contributed by atoms with E-state index in [0.717, 1.165) is 21.3 Å². The minimum absolute atomic E-state index is 0.236. The number of carbonyl (C=O) groups is 1. The van der Waals surface area contributed by atoms with Crippen LogP contribution < -0.4 is 5.32 Å². The summed E-state index contributed by atoms with van der Waals surface area (Å²) >= 11 is 7.33. The Morgan fingerprint density at radius 2 is 1.92 bits per heavy atom. The highest BCUT2D eigenvalue weighted by Gasteiger charge is 2.14. The summed E-state index contributed by atoms with van der Waals surface area (Å²) in [7, 11) is 0. The van der Waals surface area contributed by atoms with E-state index in [9.17, 15) is 4.79 Å². The number of furan rings is 1. The maximum absolute atomic E-state index is 12.4. The van der Waals surface area contributed by atoms with Gasteiger partial charge in [0.25, 0.3) is 5.91 Å². The quantitative estimate of drug-likeness (QED) is 0.499. The van der Waals surface area contributed by atoms with Crippen molar-refractivity contribution in [3.8, 4) is 11.3 Å². The number of aromatic nitrogens is 1. The van der Waals surface area contributed by atoms with Gasteiger partial charge in [-0.2, -0.15) is 0 Å². The van der Waals surface area contributed by atoms with Gasteiger partial charge in [-0.1, -0.05) is 29.0 Å². The Labute approximate surface area is 153 Å². The first-order chi connectivity index (χ1) is 12.1. The molecule has 0 aliphatic heterocycles. The highest BCUT2D eigenvalue weighted by atomic mass is 35.5. The molecular weight excluding hydrogens is 356 g/mol. The number of anilines is 1. The van der Waals surface area contributed by atoms with Crippen LogP contribution in [-0.4, -0.2) is 10.9 Å². The molecule has 0 unspecified atom stereocenters. The van der Waals surface area contributed by atoms with Gasteiger partial charge in [-0.15, -0.1) is 0 Å². The number of aryl methyl sites for hydroxylation is 1. The lowest BCUT2D eigenvalue weighted by Gasteiger charge is -1.99. The fraction of sp³-hybridized carbons (Fsp3) is 0.0526. The van der Waals surface area contributed by atoms with E-state index in [4.69, 9.17) is 16.0 Å². The van der Waals surface area contributed by atoms with Crippen LogP contribution in [0.2, 0.25) is 5.02 Å². The number of hydrogen-bond donors (Lipinski definition) is 1. The Bertz CT molecular complexity index is 1070. The van der Waals surface area contributed by atoms with Crippen molar-refractivity contribution >= 4 is 44.2 Å². The van der Waals surface area contributed by atoms with Gasteiger partial charge in [0, 0.05) is 10.6 Å². The maximum Gasteiger partial charge on any atom is 0.293 e. The predicted octanol–water partition coefficient (Wildman–Crippen LogP) is 5.77. The molecule has 2 aromatic carbocycles. The maximum atomic E-state index is 12.4. The van der Waals surface area contributed by atoms with Crippen LogP contribution in [0, 0.1) is 6.92 Å². The Morgan fingerprint density at radius 1 is 1.12 bits per heavy atom. The lowest BCUT2D eigenvalue weighted by Crippen LogP contribution is -2.10. The molecule has 1 amide bonds. The third-order valence-corrected chi connectivity index (χ3v) is 4.91. The second-order valence-electron chi connectivity index (χ2n) is 5.62. The summed E-state index contributed by atoms with van der Waals surface area (Å²) in [6.45, 7) is 2.03. The highest BCUT2D eigenvalue weighted by molar-refractivity contribution is 7.22. The van der Waals surface area contributed by atoms with E-state index >= 15 is 0 Å². The van der Waals surface area contributed by atoms with Crippen LogP contribution in [-0.2, 0) is 0 Å². The van der Waals surface area contributed by atoms with Crippen molar-refractivity contribution in [2.45, 2.75) is 6.92 Å². The molecule has 0 bridgehead atoms. The van der Waals surface area contributed by atoms with E-state index in [1.165, 1.54) is 11.3 Å². The molecule has 0 radical (unpaired) electrons. The van der Waals surface area contributed by atoms with Crippen molar-refractivity contribution < 1.29 is 9.21 Å². The van der Waals surface area contributed by atoms with Crippen LogP contribution in [0.1, 0.15) is 16.1 Å². The number of rotatable bonds is 3.